The van der Waals surface area contributed by atoms with Gasteiger partial charge in [0, 0.05) is 16.9 Å². The van der Waals surface area contributed by atoms with Gasteiger partial charge in [-0.1, -0.05) is 44.5 Å². The van der Waals surface area contributed by atoms with Gasteiger partial charge in [0.05, 0.1) is 28.1 Å². The van der Waals surface area contributed by atoms with Crippen LogP contribution in [0.15, 0.2) is 56.8 Å². The van der Waals surface area contributed by atoms with E-state index in [-0.39, 0.29) is 42.5 Å². The minimum atomic E-state index is -4.39. The van der Waals surface area contributed by atoms with Gasteiger partial charge in [0.25, 0.3) is 11.8 Å². The van der Waals surface area contributed by atoms with Crippen molar-refractivity contribution in [2.24, 2.45) is 5.73 Å². The van der Waals surface area contributed by atoms with Crippen molar-refractivity contribution in [2.75, 3.05) is 11.4 Å². The minimum absolute atomic E-state index is 0.0165. The molecule has 0 unspecified atom stereocenters. The van der Waals surface area contributed by atoms with Crippen LogP contribution < -0.4 is 16.0 Å². The van der Waals surface area contributed by atoms with E-state index in [4.69, 9.17) is 21.8 Å². The molecule has 0 radical (unpaired) electrons. The van der Waals surface area contributed by atoms with E-state index in [2.05, 4.69) is 15.5 Å². The second kappa shape index (κ2) is 10.9. The first-order valence-electron chi connectivity index (χ1n) is 12.0. The van der Waals surface area contributed by atoms with Gasteiger partial charge < -0.3 is 20.4 Å². The molecule has 1 aliphatic rings. The van der Waals surface area contributed by atoms with Gasteiger partial charge in [-0.3, -0.25) is 9.59 Å². The topological polar surface area (TPSA) is 148 Å². The van der Waals surface area contributed by atoms with Crippen LogP contribution in [0.1, 0.15) is 45.1 Å². The van der Waals surface area contributed by atoms with Crippen LogP contribution >= 0.6 is 11.6 Å². The zero-order valence-corrected chi connectivity index (χ0v) is 23.1. The Morgan fingerprint density at radius 3 is 2.49 bits per heavy atom. The molecule has 3 aromatic rings. The molecule has 0 bridgehead atoms. The van der Waals surface area contributed by atoms with Gasteiger partial charge in [0.2, 0.25) is 21.6 Å². The minimum Gasteiger partial charge on any atom is -0.420 e. The van der Waals surface area contributed by atoms with Crippen LogP contribution in [-0.4, -0.2) is 37.0 Å². The molecule has 39 heavy (non-hydrogen) atoms. The smallest absolute Gasteiger partial charge is 0.275 e. The predicted molar refractivity (Wildman–Crippen MR) is 143 cm³/mol. The summed E-state index contributed by atoms with van der Waals surface area (Å²) < 4.78 is 47.8. The van der Waals surface area contributed by atoms with Gasteiger partial charge in [0.1, 0.15) is 11.5 Å². The van der Waals surface area contributed by atoms with E-state index in [1.54, 1.807) is 24.3 Å². The number of benzene rings is 2. The maximum absolute atomic E-state index is 15.4. The summed E-state index contributed by atoms with van der Waals surface area (Å²) in [5.74, 6) is -2.27. The number of fused-ring (bicyclic) bond motifs is 1. The van der Waals surface area contributed by atoms with Crippen LogP contribution in [0.5, 0.6) is 0 Å². The lowest BCUT2D eigenvalue weighted by Gasteiger charge is -2.24. The van der Waals surface area contributed by atoms with Gasteiger partial charge in [-0.25, -0.2) is 12.8 Å². The highest BCUT2D eigenvalue weighted by molar-refractivity contribution is 7.94. The molecule has 4 rings (SSSR count). The normalized spacial score (nSPS) is 15.0. The van der Waals surface area contributed by atoms with Crippen molar-refractivity contribution >= 4 is 38.9 Å². The Hall–Kier alpha value is -3.61. The standard InChI is InChI=1S/C26H27ClFN5O5S/c1-26(2,3)25-32-31-23(38-25)17-11-20-21(12-18(17)28)39(36,37)14-19(30-22(34)5-4-10-29)24(35)33(20)13-15-6-8-16(27)9-7-15/h6-9,11-12,14H,4-5,10,13,29H2,1-3H3,(H,30,34). The first kappa shape index (κ1) is 28.4. The third kappa shape index (κ3) is 6.18. The number of hydrogen-bond acceptors (Lipinski definition) is 8. The number of carbonyl (C=O) groups is 2. The van der Waals surface area contributed by atoms with Gasteiger partial charge in [-0.2, -0.15) is 0 Å². The fourth-order valence-corrected chi connectivity index (χ4v) is 5.24. The molecule has 3 N–H and O–H groups in total. The SMILES string of the molecule is CC(C)(C)c1nnc(-c2cc3c(cc2F)S(=O)(=O)C=C(NC(=O)CCCN)C(=O)N3Cc2ccc(Cl)cc2)o1. The Balaban J connectivity index is 1.87. The number of rotatable bonds is 7. The van der Waals surface area contributed by atoms with Crippen LogP contribution in [0.3, 0.4) is 0 Å². The Bertz CT molecular complexity index is 1560. The third-order valence-corrected chi connectivity index (χ3v) is 7.57. The van der Waals surface area contributed by atoms with Crippen molar-refractivity contribution in [3.05, 3.63) is 69.8 Å². The molecule has 0 atom stereocenters. The molecule has 1 aromatic heterocycles. The average Bonchev–Trinajstić information content (AvgIpc) is 3.35. The van der Waals surface area contributed by atoms with E-state index >= 15 is 4.39 Å². The summed E-state index contributed by atoms with van der Waals surface area (Å²) >= 11 is 6.00. The van der Waals surface area contributed by atoms with E-state index in [9.17, 15) is 18.0 Å². The molecule has 2 amide bonds. The number of nitrogens with zero attached hydrogens (tertiary/aromatic N) is 3. The Labute approximate surface area is 229 Å². The predicted octanol–water partition coefficient (Wildman–Crippen LogP) is 3.84. The highest BCUT2D eigenvalue weighted by Crippen LogP contribution is 2.38. The zero-order chi connectivity index (χ0) is 28.5. The highest BCUT2D eigenvalue weighted by atomic mass is 35.5. The second-order valence-corrected chi connectivity index (χ2v) is 12.2. The lowest BCUT2D eigenvalue weighted by molar-refractivity contribution is -0.123. The van der Waals surface area contributed by atoms with Crippen molar-refractivity contribution in [3.63, 3.8) is 0 Å². The van der Waals surface area contributed by atoms with Crippen LogP contribution in [0.25, 0.3) is 11.5 Å². The average molecular weight is 576 g/mol. The molecule has 0 spiro atoms. The number of sulfone groups is 1. The molecule has 0 saturated carbocycles. The summed E-state index contributed by atoms with van der Waals surface area (Å²) in [7, 11) is -4.39. The van der Waals surface area contributed by atoms with E-state index < -0.39 is 43.5 Å². The maximum Gasteiger partial charge on any atom is 0.275 e. The zero-order valence-electron chi connectivity index (χ0n) is 21.5. The molecule has 2 aromatic carbocycles. The highest BCUT2D eigenvalue weighted by Gasteiger charge is 2.35. The first-order chi connectivity index (χ1) is 18.3. The molecule has 10 nitrogen and oxygen atoms in total. The van der Waals surface area contributed by atoms with Gasteiger partial charge in [-0.05, 0) is 42.8 Å². The van der Waals surface area contributed by atoms with E-state index in [0.29, 0.717) is 22.4 Å². The fraction of sp³-hybridized carbons (Fsp3) is 0.308. The van der Waals surface area contributed by atoms with Crippen LogP contribution in [0, 0.1) is 5.82 Å². The number of nitrogens with one attached hydrogen (secondary N) is 1. The first-order valence-corrected chi connectivity index (χ1v) is 13.9. The summed E-state index contributed by atoms with van der Waals surface area (Å²) in [4.78, 5) is 26.8. The molecule has 206 valence electrons. The summed E-state index contributed by atoms with van der Waals surface area (Å²) in [5.41, 5.74) is 4.76. The Kier molecular flexibility index (Phi) is 7.92. The quantitative estimate of drug-likeness (QED) is 0.431. The summed E-state index contributed by atoms with van der Waals surface area (Å²) in [6, 6.07) is 8.54. The number of halogens is 2. The summed E-state index contributed by atoms with van der Waals surface area (Å²) in [5, 5.41) is 11.4. The monoisotopic (exact) mass is 575 g/mol. The lowest BCUT2D eigenvalue weighted by atomic mass is 9.97. The number of hydrogen-bond donors (Lipinski definition) is 2. The van der Waals surface area contributed by atoms with Crippen molar-refractivity contribution in [2.45, 2.75) is 50.5 Å². The van der Waals surface area contributed by atoms with Gasteiger partial charge in [0.15, 0.2) is 0 Å². The number of carbonyl (C=O) groups excluding carboxylic acids is 2. The Morgan fingerprint density at radius 2 is 1.87 bits per heavy atom. The number of anilines is 1. The molecule has 0 aliphatic carbocycles. The largest absolute Gasteiger partial charge is 0.420 e. The van der Waals surface area contributed by atoms with Gasteiger partial charge in [-0.15, -0.1) is 10.2 Å². The van der Waals surface area contributed by atoms with Crippen LogP contribution in [0.4, 0.5) is 10.1 Å². The van der Waals surface area contributed by atoms with E-state index in [1.807, 2.05) is 20.8 Å². The fourth-order valence-electron chi connectivity index (χ4n) is 3.79. The number of nitrogens with two attached hydrogens (primary N) is 1. The second-order valence-electron chi connectivity index (χ2n) is 10.00. The molecular formula is C26H27ClFN5O5S. The van der Waals surface area contributed by atoms with Crippen molar-refractivity contribution in [1.82, 2.24) is 15.5 Å². The molecule has 13 heteroatoms. The molecule has 1 aliphatic heterocycles. The van der Waals surface area contributed by atoms with Crippen molar-refractivity contribution in [1.29, 1.82) is 0 Å². The van der Waals surface area contributed by atoms with E-state index in [1.165, 1.54) is 6.07 Å². The summed E-state index contributed by atoms with van der Waals surface area (Å²) in [6.45, 7) is 5.64. The summed E-state index contributed by atoms with van der Waals surface area (Å²) in [6.07, 6.45) is 0.321. The Morgan fingerprint density at radius 1 is 1.18 bits per heavy atom. The van der Waals surface area contributed by atoms with Crippen molar-refractivity contribution in [3.8, 4) is 11.5 Å². The number of aromatic nitrogens is 2. The lowest BCUT2D eigenvalue weighted by Crippen LogP contribution is -2.38. The van der Waals surface area contributed by atoms with E-state index in [0.717, 1.165) is 11.0 Å². The number of amides is 2. The van der Waals surface area contributed by atoms with Gasteiger partial charge >= 0.3 is 0 Å². The van der Waals surface area contributed by atoms with Crippen LogP contribution in [0.2, 0.25) is 5.02 Å². The maximum atomic E-state index is 15.4. The van der Waals surface area contributed by atoms with Crippen molar-refractivity contribution < 1.29 is 26.8 Å². The molecule has 0 fully saturated rings. The van der Waals surface area contributed by atoms with Crippen LogP contribution in [-0.2, 0) is 31.4 Å². The molecular weight excluding hydrogens is 549 g/mol. The molecule has 2 heterocycles. The third-order valence-electron chi connectivity index (χ3n) is 5.83. The molecule has 0 saturated heterocycles.